The minimum Gasteiger partial charge on any atom is -0.372 e. The van der Waals surface area contributed by atoms with E-state index in [9.17, 15) is 4.79 Å². The summed E-state index contributed by atoms with van der Waals surface area (Å²) in [5.41, 5.74) is 4.92. The van der Waals surface area contributed by atoms with E-state index in [0.29, 0.717) is 12.6 Å². The summed E-state index contributed by atoms with van der Waals surface area (Å²) >= 11 is 0. The van der Waals surface area contributed by atoms with Crippen LogP contribution >= 0.6 is 0 Å². The van der Waals surface area contributed by atoms with Crippen LogP contribution in [0.15, 0.2) is 48.5 Å². The number of carbonyl (C=O) groups excluding carboxylic acids is 1. The summed E-state index contributed by atoms with van der Waals surface area (Å²) in [5.74, 6) is 0.0470. The van der Waals surface area contributed by atoms with Crippen molar-refractivity contribution >= 4 is 17.3 Å². The molecule has 4 rings (SSSR count). The van der Waals surface area contributed by atoms with Crippen LogP contribution in [0.25, 0.3) is 0 Å². The first-order chi connectivity index (χ1) is 12.7. The zero-order chi connectivity index (χ0) is 17.9. The van der Waals surface area contributed by atoms with Gasteiger partial charge in [-0.2, -0.15) is 0 Å². The van der Waals surface area contributed by atoms with Gasteiger partial charge in [-0.05, 0) is 68.1 Å². The summed E-state index contributed by atoms with van der Waals surface area (Å²) in [4.78, 5) is 17.0. The van der Waals surface area contributed by atoms with Gasteiger partial charge in [0.2, 0.25) is 5.91 Å². The van der Waals surface area contributed by atoms with E-state index in [1.165, 1.54) is 29.7 Å². The Hall–Kier alpha value is -2.33. The van der Waals surface area contributed by atoms with Crippen molar-refractivity contribution in [3.8, 4) is 0 Å². The topological polar surface area (TPSA) is 35.6 Å². The van der Waals surface area contributed by atoms with Crippen LogP contribution < -0.4 is 10.2 Å². The molecule has 1 N–H and O–H groups in total. The average molecular weight is 349 g/mol. The number of nitrogens with one attached hydrogen (secondary N) is 1. The summed E-state index contributed by atoms with van der Waals surface area (Å²) in [6, 6.07) is 17.2. The molecule has 0 saturated carbocycles. The molecule has 0 radical (unpaired) electrons. The van der Waals surface area contributed by atoms with Gasteiger partial charge >= 0.3 is 0 Å². The first kappa shape index (κ1) is 17.1. The first-order valence-corrected chi connectivity index (χ1v) is 9.63. The maximum atomic E-state index is 12.5. The molecule has 4 nitrogen and oxygen atoms in total. The monoisotopic (exact) mass is 349 g/mol. The lowest BCUT2D eigenvalue weighted by atomic mass is 10.1. The lowest BCUT2D eigenvalue weighted by molar-refractivity contribution is -0.117. The Balaban J connectivity index is 1.34. The Bertz CT molecular complexity index is 765. The highest BCUT2D eigenvalue weighted by atomic mass is 16.2. The number of nitrogens with zero attached hydrogens (tertiary/aromatic N) is 2. The third-order valence-electron chi connectivity index (χ3n) is 5.65. The van der Waals surface area contributed by atoms with Crippen LogP contribution in [-0.2, 0) is 11.2 Å². The standard InChI is InChI=1S/C22H27N3O/c1-24(21-13-8-17-6-2-3-7-20(17)21)16-22(26)23-18-9-11-19(12-10-18)25-14-4-5-15-25/h2-3,6-7,9-12,21H,4-5,8,13-16H2,1H3,(H,23,26)/t21-/m1/s1. The second-order valence-corrected chi connectivity index (χ2v) is 7.46. The van der Waals surface area contributed by atoms with Gasteiger partial charge in [0.15, 0.2) is 0 Å². The highest BCUT2D eigenvalue weighted by molar-refractivity contribution is 5.92. The number of fused-ring (bicyclic) bond motifs is 1. The first-order valence-electron chi connectivity index (χ1n) is 9.63. The van der Waals surface area contributed by atoms with Crippen molar-refractivity contribution in [2.75, 3.05) is 36.9 Å². The average Bonchev–Trinajstić information content (AvgIpc) is 3.32. The van der Waals surface area contributed by atoms with Crippen LogP contribution in [0.4, 0.5) is 11.4 Å². The summed E-state index contributed by atoms with van der Waals surface area (Å²) < 4.78 is 0. The Morgan fingerprint density at radius 3 is 2.62 bits per heavy atom. The second-order valence-electron chi connectivity index (χ2n) is 7.46. The highest BCUT2D eigenvalue weighted by Gasteiger charge is 2.26. The molecule has 2 aromatic carbocycles. The van der Waals surface area contributed by atoms with Crippen molar-refractivity contribution in [1.29, 1.82) is 0 Å². The van der Waals surface area contributed by atoms with Crippen molar-refractivity contribution in [1.82, 2.24) is 4.90 Å². The van der Waals surface area contributed by atoms with E-state index in [1.807, 2.05) is 19.2 Å². The molecule has 26 heavy (non-hydrogen) atoms. The van der Waals surface area contributed by atoms with Crippen LogP contribution in [0, 0.1) is 0 Å². The zero-order valence-electron chi connectivity index (χ0n) is 15.4. The van der Waals surface area contributed by atoms with Crippen molar-refractivity contribution in [2.24, 2.45) is 0 Å². The molecule has 1 aliphatic carbocycles. The number of benzene rings is 2. The largest absolute Gasteiger partial charge is 0.372 e. The molecule has 0 aromatic heterocycles. The highest BCUT2D eigenvalue weighted by Crippen LogP contribution is 2.34. The molecule has 136 valence electrons. The number of aryl methyl sites for hydroxylation is 1. The second kappa shape index (κ2) is 7.50. The molecule has 2 aromatic rings. The SMILES string of the molecule is CN(CC(=O)Nc1ccc(N2CCCC2)cc1)[C@@H]1CCc2ccccc21. The van der Waals surface area contributed by atoms with E-state index >= 15 is 0 Å². The van der Waals surface area contributed by atoms with Gasteiger partial charge in [-0.1, -0.05) is 24.3 Å². The van der Waals surface area contributed by atoms with Crippen molar-refractivity contribution in [3.63, 3.8) is 0 Å². The van der Waals surface area contributed by atoms with Gasteiger partial charge in [-0.3, -0.25) is 9.69 Å². The minimum absolute atomic E-state index is 0.0470. The Labute approximate surface area is 155 Å². The normalized spacial score (nSPS) is 19.0. The maximum absolute atomic E-state index is 12.5. The quantitative estimate of drug-likeness (QED) is 0.891. The van der Waals surface area contributed by atoms with E-state index in [-0.39, 0.29) is 5.91 Å². The number of amides is 1. The molecule has 1 heterocycles. The number of likely N-dealkylation sites (N-methyl/N-ethyl adjacent to an activating group) is 1. The van der Waals surface area contributed by atoms with Crippen molar-refractivity contribution in [3.05, 3.63) is 59.7 Å². The molecular weight excluding hydrogens is 322 g/mol. The molecule has 1 atom stereocenters. The molecule has 0 unspecified atom stereocenters. The number of hydrogen-bond acceptors (Lipinski definition) is 3. The fourth-order valence-electron chi connectivity index (χ4n) is 4.26. The number of hydrogen-bond donors (Lipinski definition) is 1. The van der Waals surface area contributed by atoms with Gasteiger partial charge in [0.05, 0.1) is 6.54 Å². The summed E-state index contributed by atoms with van der Waals surface area (Å²) in [6.45, 7) is 2.69. The lowest BCUT2D eigenvalue weighted by Gasteiger charge is -2.24. The predicted octanol–water partition coefficient (Wildman–Crippen LogP) is 3.84. The van der Waals surface area contributed by atoms with E-state index in [0.717, 1.165) is 31.6 Å². The van der Waals surface area contributed by atoms with Crippen LogP contribution in [0.3, 0.4) is 0 Å². The fraction of sp³-hybridized carbons (Fsp3) is 0.409. The maximum Gasteiger partial charge on any atom is 0.238 e. The number of carbonyl (C=O) groups is 1. The van der Waals surface area contributed by atoms with Gasteiger partial charge in [-0.25, -0.2) is 0 Å². The smallest absolute Gasteiger partial charge is 0.238 e. The Morgan fingerprint density at radius 2 is 1.85 bits per heavy atom. The predicted molar refractivity (Wildman–Crippen MR) is 107 cm³/mol. The Kier molecular flexibility index (Phi) is 4.93. The summed E-state index contributed by atoms with van der Waals surface area (Å²) in [5, 5.41) is 3.04. The molecule has 1 amide bonds. The van der Waals surface area contributed by atoms with E-state index in [1.54, 1.807) is 0 Å². The lowest BCUT2D eigenvalue weighted by Crippen LogP contribution is -2.32. The molecular formula is C22H27N3O. The summed E-state index contributed by atoms with van der Waals surface area (Å²) in [7, 11) is 2.04. The van der Waals surface area contributed by atoms with Gasteiger partial charge in [0, 0.05) is 30.5 Å². The zero-order valence-corrected chi connectivity index (χ0v) is 15.4. The molecule has 0 spiro atoms. The third kappa shape index (κ3) is 3.61. The van der Waals surface area contributed by atoms with Gasteiger partial charge in [0.25, 0.3) is 0 Å². The van der Waals surface area contributed by atoms with E-state index in [2.05, 4.69) is 51.5 Å². The molecule has 0 bridgehead atoms. The van der Waals surface area contributed by atoms with Crippen LogP contribution in [0.1, 0.15) is 36.4 Å². The van der Waals surface area contributed by atoms with Crippen LogP contribution in [-0.4, -0.2) is 37.5 Å². The van der Waals surface area contributed by atoms with E-state index < -0.39 is 0 Å². The number of anilines is 2. The van der Waals surface area contributed by atoms with Crippen molar-refractivity contribution < 1.29 is 4.79 Å². The van der Waals surface area contributed by atoms with Crippen molar-refractivity contribution in [2.45, 2.75) is 31.7 Å². The number of rotatable bonds is 5. The van der Waals surface area contributed by atoms with Crippen LogP contribution in [0.2, 0.25) is 0 Å². The molecule has 1 saturated heterocycles. The molecule has 4 heteroatoms. The van der Waals surface area contributed by atoms with Crippen LogP contribution in [0.5, 0.6) is 0 Å². The third-order valence-corrected chi connectivity index (χ3v) is 5.65. The fourth-order valence-corrected chi connectivity index (χ4v) is 4.26. The van der Waals surface area contributed by atoms with E-state index in [4.69, 9.17) is 0 Å². The molecule has 1 fully saturated rings. The molecule has 1 aliphatic heterocycles. The van der Waals surface area contributed by atoms with Gasteiger partial charge in [0.1, 0.15) is 0 Å². The van der Waals surface area contributed by atoms with Gasteiger partial charge < -0.3 is 10.2 Å². The molecule has 2 aliphatic rings. The van der Waals surface area contributed by atoms with Gasteiger partial charge in [-0.15, -0.1) is 0 Å². The minimum atomic E-state index is 0.0470. The summed E-state index contributed by atoms with van der Waals surface area (Å²) in [6.07, 6.45) is 4.74. The Morgan fingerprint density at radius 1 is 1.12 bits per heavy atom.